The molecule has 0 bridgehead atoms. The topological polar surface area (TPSA) is 49.8 Å². The van der Waals surface area contributed by atoms with Crippen molar-refractivity contribution in [1.29, 1.82) is 0 Å². The minimum atomic E-state index is -0.726. The van der Waals surface area contributed by atoms with E-state index in [2.05, 4.69) is 18.7 Å². The molecule has 3 atom stereocenters. The molecule has 20 heavy (non-hydrogen) atoms. The van der Waals surface area contributed by atoms with E-state index in [-0.39, 0.29) is 12.2 Å². The van der Waals surface area contributed by atoms with Crippen LogP contribution in [0.1, 0.15) is 43.2 Å². The number of carboxylic acid groups (broad SMARTS) is 1. The molecule has 110 valence electrons. The van der Waals surface area contributed by atoms with Crippen molar-refractivity contribution in [2.24, 2.45) is 0 Å². The molecule has 0 radical (unpaired) electrons. The van der Waals surface area contributed by atoms with Crippen LogP contribution in [-0.2, 0) is 16.0 Å². The predicted octanol–water partition coefficient (Wildman–Crippen LogP) is 2.69. The van der Waals surface area contributed by atoms with Gasteiger partial charge in [0.25, 0.3) is 0 Å². The Morgan fingerprint density at radius 1 is 1.40 bits per heavy atom. The molecule has 1 aromatic heterocycles. The monoisotopic (exact) mass is 295 g/mol. The molecule has 3 unspecified atom stereocenters. The third-order valence-corrected chi connectivity index (χ3v) is 5.38. The normalized spacial score (nSPS) is 34.7. The van der Waals surface area contributed by atoms with E-state index in [9.17, 15) is 9.90 Å². The first-order valence-corrected chi connectivity index (χ1v) is 8.14. The van der Waals surface area contributed by atoms with Crippen LogP contribution in [0.4, 0.5) is 0 Å². The Morgan fingerprint density at radius 2 is 2.10 bits per heavy atom. The molecule has 1 aromatic rings. The van der Waals surface area contributed by atoms with Gasteiger partial charge in [-0.25, -0.2) is 0 Å². The molecule has 0 aliphatic carbocycles. The number of nitrogens with zero attached hydrogens (tertiary/aromatic N) is 1. The summed E-state index contributed by atoms with van der Waals surface area (Å²) in [5.41, 5.74) is 1.00. The molecule has 1 saturated heterocycles. The number of carbonyl (C=O) groups is 1. The number of carboxylic acids is 1. The van der Waals surface area contributed by atoms with Gasteiger partial charge in [0.05, 0.1) is 12.2 Å². The van der Waals surface area contributed by atoms with Crippen molar-refractivity contribution < 1.29 is 14.6 Å². The molecule has 2 aliphatic rings. The van der Waals surface area contributed by atoms with E-state index in [4.69, 9.17) is 4.74 Å². The van der Waals surface area contributed by atoms with Crippen LogP contribution in [0.2, 0.25) is 0 Å². The molecule has 5 heteroatoms. The summed E-state index contributed by atoms with van der Waals surface area (Å²) in [6.45, 7) is 5.01. The first-order chi connectivity index (χ1) is 9.56. The first kappa shape index (κ1) is 14.0. The SMILES string of the molecule is CC1CC(N2CCc3sccc3C2C(=O)O)CC(C)O1. The molecule has 0 aromatic carbocycles. The van der Waals surface area contributed by atoms with Crippen LogP contribution in [0.15, 0.2) is 11.4 Å². The van der Waals surface area contributed by atoms with Gasteiger partial charge in [-0.1, -0.05) is 0 Å². The average Bonchev–Trinajstić information content (AvgIpc) is 2.83. The number of fused-ring (bicyclic) bond motifs is 1. The molecule has 3 heterocycles. The lowest BCUT2D eigenvalue weighted by molar-refractivity contribution is -0.148. The number of ether oxygens (including phenoxy) is 1. The van der Waals surface area contributed by atoms with Crippen LogP contribution < -0.4 is 0 Å². The van der Waals surface area contributed by atoms with E-state index in [1.165, 1.54) is 4.88 Å². The number of thiophene rings is 1. The van der Waals surface area contributed by atoms with Gasteiger partial charge in [0.2, 0.25) is 0 Å². The fourth-order valence-corrected chi connectivity index (χ4v) is 4.55. The highest BCUT2D eigenvalue weighted by Gasteiger charge is 2.40. The van der Waals surface area contributed by atoms with Crippen molar-refractivity contribution in [2.75, 3.05) is 6.54 Å². The van der Waals surface area contributed by atoms with E-state index < -0.39 is 12.0 Å². The lowest BCUT2D eigenvalue weighted by Gasteiger charge is -2.43. The van der Waals surface area contributed by atoms with Crippen LogP contribution in [0.3, 0.4) is 0 Å². The molecule has 1 N–H and O–H groups in total. The van der Waals surface area contributed by atoms with Crippen molar-refractivity contribution in [2.45, 2.75) is 57.4 Å². The molecule has 0 amide bonds. The van der Waals surface area contributed by atoms with Crippen LogP contribution in [-0.4, -0.2) is 40.8 Å². The Labute approximate surface area is 123 Å². The number of hydrogen-bond acceptors (Lipinski definition) is 4. The third kappa shape index (κ3) is 2.50. The summed E-state index contributed by atoms with van der Waals surface area (Å²) in [5.74, 6) is -0.726. The predicted molar refractivity (Wildman–Crippen MR) is 78.1 cm³/mol. The maximum atomic E-state index is 11.8. The summed E-state index contributed by atoms with van der Waals surface area (Å²) in [6.07, 6.45) is 3.24. The van der Waals surface area contributed by atoms with Crippen molar-refractivity contribution in [3.63, 3.8) is 0 Å². The molecule has 1 fully saturated rings. The Morgan fingerprint density at radius 3 is 2.75 bits per heavy atom. The third-order valence-electron chi connectivity index (χ3n) is 4.38. The van der Waals surface area contributed by atoms with Crippen molar-refractivity contribution in [1.82, 2.24) is 4.90 Å². The minimum absolute atomic E-state index is 0.210. The zero-order valence-electron chi connectivity index (χ0n) is 11.9. The van der Waals surface area contributed by atoms with Crippen molar-refractivity contribution >= 4 is 17.3 Å². The maximum Gasteiger partial charge on any atom is 0.325 e. The summed E-state index contributed by atoms with van der Waals surface area (Å²) in [7, 11) is 0. The number of aliphatic carboxylic acids is 1. The van der Waals surface area contributed by atoms with Crippen LogP contribution in [0.5, 0.6) is 0 Å². The smallest absolute Gasteiger partial charge is 0.325 e. The quantitative estimate of drug-likeness (QED) is 0.911. The Kier molecular flexibility index (Phi) is 3.84. The van der Waals surface area contributed by atoms with Gasteiger partial charge in [0.1, 0.15) is 6.04 Å². The van der Waals surface area contributed by atoms with Gasteiger partial charge in [-0.3, -0.25) is 9.69 Å². The fraction of sp³-hybridized carbons (Fsp3) is 0.667. The lowest BCUT2D eigenvalue weighted by Crippen LogP contribution is -2.50. The van der Waals surface area contributed by atoms with Crippen LogP contribution >= 0.6 is 11.3 Å². The van der Waals surface area contributed by atoms with Gasteiger partial charge in [-0.15, -0.1) is 11.3 Å². The standard InChI is InChI=1S/C15H21NO3S/c1-9-7-11(8-10(2)19-9)16-5-3-13-12(4-6-20-13)14(16)15(17)18/h4,6,9-11,14H,3,5,7-8H2,1-2H3,(H,17,18). The molecule has 0 spiro atoms. The second-order valence-electron chi connectivity index (χ2n) is 5.91. The Hall–Kier alpha value is -0.910. The number of rotatable bonds is 2. The van der Waals surface area contributed by atoms with Gasteiger partial charge in [-0.2, -0.15) is 0 Å². The molecule has 3 rings (SSSR count). The fourth-order valence-electron chi connectivity index (χ4n) is 3.65. The van der Waals surface area contributed by atoms with E-state index in [1.807, 2.05) is 11.4 Å². The first-order valence-electron chi connectivity index (χ1n) is 7.26. The van der Waals surface area contributed by atoms with E-state index >= 15 is 0 Å². The molecule has 2 aliphatic heterocycles. The summed E-state index contributed by atoms with van der Waals surface area (Å²) in [6, 6.07) is 1.81. The maximum absolute atomic E-state index is 11.8. The Bertz CT molecular complexity index is 491. The van der Waals surface area contributed by atoms with Gasteiger partial charge in [0.15, 0.2) is 0 Å². The van der Waals surface area contributed by atoms with Gasteiger partial charge in [0, 0.05) is 17.5 Å². The minimum Gasteiger partial charge on any atom is -0.480 e. The second kappa shape index (κ2) is 5.47. The molecular formula is C15H21NO3S. The van der Waals surface area contributed by atoms with Gasteiger partial charge in [-0.05, 0) is 50.1 Å². The second-order valence-corrected chi connectivity index (χ2v) is 6.91. The number of hydrogen-bond donors (Lipinski definition) is 1. The lowest BCUT2D eigenvalue weighted by atomic mass is 9.92. The molecule has 0 saturated carbocycles. The zero-order valence-corrected chi connectivity index (χ0v) is 12.7. The van der Waals surface area contributed by atoms with E-state index in [0.29, 0.717) is 6.04 Å². The highest BCUT2D eigenvalue weighted by atomic mass is 32.1. The molecular weight excluding hydrogens is 274 g/mol. The van der Waals surface area contributed by atoms with E-state index in [1.54, 1.807) is 11.3 Å². The van der Waals surface area contributed by atoms with E-state index in [0.717, 1.165) is 31.4 Å². The van der Waals surface area contributed by atoms with Crippen LogP contribution in [0, 0.1) is 0 Å². The van der Waals surface area contributed by atoms with Gasteiger partial charge < -0.3 is 9.84 Å². The highest BCUT2D eigenvalue weighted by molar-refractivity contribution is 7.10. The highest BCUT2D eigenvalue weighted by Crippen LogP contribution is 2.37. The summed E-state index contributed by atoms with van der Waals surface area (Å²) in [5, 5.41) is 11.7. The Balaban J connectivity index is 1.87. The van der Waals surface area contributed by atoms with Gasteiger partial charge >= 0.3 is 5.97 Å². The largest absolute Gasteiger partial charge is 0.480 e. The molecule has 4 nitrogen and oxygen atoms in total. The van der Waals surface area contributed by atoms with Crippen LogP contribution in [0.25, 0.3) is 0 Å². The van der Waals surface area contributed by atoms with Crippen molar-refractivity contribution in [3.05, 3.63) is 21.9 Å². The zero-order chi connectivity index (χ0) is 14.3. The summed E-state index contributed by atoms with van der Waals surface area (Å²) >= 11 is 1.68. The summed E-state index contributed by atoms with van der Waals surface area (Å²) < 4.78 is 5.79. The average molecular weight is 295 g/mol. The summed E-state index contributed by atoms with van der Waals surface area (Å²) in [4.78, 5) is 15.2. The van der Waals surface area contributed by atoms with Crippen molar-refractivity contribution in [3.8, 4) is 0 Å².